The van der Waals surface area contributed by atoms with E-state index in [1.807, 2.05) is 43.5 Å². The molecule has 0 bridgehead atoms. The van der Waals surface area contributed by atoms with Gasteiger partial charge in [-0.25, -0.2) is 4.99 Å². The number of carbonyl (C=O) groups is 1. The second-order valence-electron chi connectivity index (χ2n) is 9.51. The Bertz CT molecular complexity index is 1250. The Morgan fingerprint density at radius 2 is 2.03 bits per heavy atom. The van der Waals surface area contributed by atoms with Crippen LogP contribution in [0.2, 0.25) is 0 Å². The van der Waals surface area contributed by atoms with Gasteiger partial charge >= 0.3 is 0 Å². The van der Waals surface area contributed by atoms with Crippen molar-refractivity contribution in [2.75, 3.05) is 31.6 Å². The standard InChI is InChI=1S/C27H32N4O3S/c1-16-12-23-24-22(18-4-3-5-20(13-18)35(34)19-6-7-19)14-21(27(33)29-9-8-28-10-11-32)17(2)25(24)31-26(23)30-15-16/h3-5,13-15,19,23,28,32H,6-12H2,1-2H3,(H,29,33)(H,30,31). The van der Waals surface area contributed by atoms with Crippen LogP contribution in [-0.4, -0.2) is 52.5 Å². The summed E-state index contributed by atoms with van der Waals surface area (Å²) in [5, 5.41) is 18.8. The van der Waals surface area contributed by atoms with Gasteiger partial charge in [0.25, 0.3) is 5.91 Å². The molecular weight excluding hydrogens is 460 g/mol. The van der Waals surface area contributed by atoms with Crippen LogP contribution in [0.3, 0.4) is 0 Å². The van der Waals surface area contributed by atoms with E-state index in [2.05, 4.69) is 27.9 Å². The molecule has 2 aromatic rings. The number of amides is 1. The molecule has 0 aromatic heterocycles. The normalized spacial score (nSPS) is 19.2. The molecule has 3 aliphatic rings. The van der Waals surface area contributed by atoms with E-state index >= 15 is 0 Å². The summed E-state index contributed by atoms with van der Waals surface area (Å²) in [5.41, 5.74) is 6.81. The van der Waals surface area contributed by atoms with Crippen LogP contribution in [0.4, 0.5) is 5.69 Å². The van der Waals surface area contributed by atoms with Crippen LogP contribution < -0.4 is 16.0 Å². The van der Waals surface area contributed by atoms with E-state index in [0.29, 0.717) is 25.2 Å². The number of aliphatic hydroxyl groups excluding tert-OH is 1. The Kier molecular flexibility index (Phi) is 6.86. The molecule has 5 rings (SSSR count). The van der Waals surface area contributed by atoms with Crippen molar-refractivity contribution in [2.24, 2.45) is 4.99 Å². The number of hydrogen-bond donors (Lipinski definition) is 4. The fourth-order valence-electron chi connectivity index (χ4n) is 4.85. The van der Waals surface area contributed by atoms with Crippen LogP contribution in [0.25, 0.3) is 11.1 Å². The maximum absolute atomic E-state index is 13.2. The first-order valence-corrected chi connectivity index (χ1v) is 13.5. The van der Waals surface area contributed by atoms with Crippen molar-refractivity contribution < 1.29 is 14.1 Å². The third-order valence-electron chi connectivity index (χ3n) is 6.83. The van der Waals surface area contributed by atoms with Crippen molar-refractivity contribution in [3.8, 4) is 11.1 Å². The van der Waals surface area contributed by atoms with Crippen molar-refractivity contribution in [3.05, 3.63) is 58.8 Å². The lowest BCUT2D eigenvalue weighted by Crippen LogP contribution is -2.33. The molecule has 2 heterocycles. The van der Waals surface area contributed by atoms with Crippen molar-refractivity contribution in [2.45, 2.75) is 49.2 Å². The lowest BCUT2D eigenvalue weighted by atomic mass is 9.84. The predicted octanol–water partition coefficient (Wildman–Crippen LogP) is 3.46. The first-order valence-electron chi connectivity index (χ1n) is 12.3. The molecule has 0 radical (unpaired) electrons. The fourth-order valence-corrected chi connectivity index (χ4v) is 6.26. The number of benzene rings is 2. The maximum Gasteiger partial charge on any atom is 0.251 e. The number of anilines is 1. The van der Waals surface area contributed by atoms with E-state index in [1.165, 1.54) is 5.57 Å². The van der Waals surface area contributed by atoms with Crippen LogP contribution in [0.15, 0.2) is 52.0 Å². The summed E-state index contributed by atoms with van der Waals surface area (Å²) in [6.07, 6.45) is 4.82. The molecule has 184 valence electrons. The van der Waals surface area contributed by atoms with Gasteiger partial charge in [0.1, 0.15) is 5.84 Å². The summed E-state index contributed by atoms with van der Waals surface area (Å²) in [5.74, 6) is 0.891. The minimum absolute atomic E-state index is 0.0664. The maximum atomic E-state index is 13.2. The van der Waals surface area contributed by atoms with Gasteiger partial charge in [0, 0.05) is 53.1 Å². The van der Waals surface area contributed by atoms with Crippen molar-refractivity contribution >= 4 is 28.2 Å². The molecule has 8 heteroatoms. The third kappa shape index (κ3) is 4.83. The molecule has 1 amide bonds. The van der Waals surface area contributed by atoms with Gasteiger partial charge in [-0.1, -0.05) is 17.7 Å². The molecule has 2 atom stereocenters. The Morgan fingerprint density at radius 1 is 1.20 bits per heavy atom. The number of aliphatic imine (C=N–C) groups is 1. The second-order valence-corrected chi connectivity index (χ2v) is 11.2. The topological polar surface area (TPSA) is 103 Å². The van der Waals surface area contributed by atoms with E-state index < -0.39 is 10.8 Å². The van der Waals surface area contributed by atoms with Crippen LogP contribution >= 0.6 is 0 Å². The van der Waals surface area contributed by atoms with E-state index in [1.54, 1.807) is 0 Å². The number of hydrogen-bond acceptors (Lipinski definition) is 6. The van der Waals surface area contributed by atoms with Gasteiger partial charge in [-0.15, -0.1) is 0 Å². The summed E-state index contributed by atoms with van der Waals surface area (Å²) in [4.78, 5) is 18.7. The van der Waals surface area contributed by atoms with Gasteiger partial charge < -0.3 is 21.1 Å². The molecule has 2 aromatic carbocycles. The number of fused-ring (bicyclic) bond motifs is 3. The van der Waals surface area contributed by atoms with Crippen molar-refractivity contribution in [3.63, 3.8) is 0 Å². The number of nitrogens with one attached hydrogen (secondary N) is 3. The molecule has 2 aliphatic heterocycles. The van der Waals surface area contributed by atoms with Crippen molar-refractivity contribution in [1.82, 2.24) is 10.6 Å². The zero-order chi connectivity index (χ0) is 24.5. The molecule has 0 spiro atoms. The third-order valence-corrected chi connectivity index (χ3v) is 8.63. The molecular formula is C27H32N4O3S. The molecule has 1 saturated carbocycles. The average Bonchev–Trinajstić information content (AvgIpc) is 3.65. The molecule has 7 nitrogen and oxygen atoms in total. The number of carbonyl (C=O) groups excluding carboxylic acids is 1. The first-order chi connectivity index (χ1) is 17.0. The smallest absolute Gasteiger partial charge is 0.251 e. The number of aliphatic hydroxyl groups is 1. The van der Waals surface area contributed by atoms with Crippen LogP contribution in [-0.2, 0) is 10.8 Å². The van der Waals surface area contributed by atoms with Crippen LogP contribution in [0.1, 0.15) is 53.6 Å². The highest BCUT2D eigenvalue weighted by molar-refractivity contribution is 7.86. The van der Waals surface area contributed by atoms with Gasteiger partial charge in [0.05, 0.1) is 17.4 Å². The Balaban J connectivity index is 1.55. The summed E-state index contributed by atoms with van der Waals surface area (Å²) in [6.45, 7) is 5.68. The minimum atomic E-state index is -0.998. The van der Waals surface area contributed by atoms with Gasteiger partial charge in [0.2, 0.25) is 0 Å². The summed E-state index contributed by atoms with van der Waals surface area (Å²) < 4.78 is 12.9. The van der Waals surface area contributed by atoms with Gasteiger partial charge in [-0.3, -0.25) is 9.00 Å². The van der Waals surface area contributed by atoms with E-state index in [4.69, 9.17) is 5.11 Å². The molecule has 1 fully saturated rings. The van der Waals surface area contributed by atoms with E-state index in [0.717, 1.165) is 57.9 Å². The summed E-state index contributed by atoms with van der Waals surface area (Å²) in [6, 6.07) is 9.97. The minimum Gasteiger partial charge on any atom is -0.395 e. The lowest BCUT2D eigenvalue weighted by Gasteiger charge is -2.20. The highest BCUT2D eigenvalue weighted by Gasteiger charge is 2.36. The highest BCUT2D eigenvalue weighted by atomic mass is 32.2. The Labute approximate surface area is 208 Å². The molecule has 1 aliphatic carbocycles. The number of rotatable bonds is 9. The highest BCUT2D eigenvalue weighted by Crippen LogP contribution is 2.47. The number of allylic oxidation sites excluding steroid dienone is 1. The fraction of sp³-hybridized carbons (Fsp3) is 0.407. The predicted molar refractivity (Wildman–Crippen MR) is 141 cm³/mol. The Morgan fingerprint density at radius 3 is 2.80 bits per heavy atom. The van der Waals surface area contributed by atoms with E-state index in [-0.39, 0.29) is 23.7 Å². The first kappa shape index (κ1) is 23.9. The van der Waals surface area contributed by atoms with Crippen LogP contribution in [0, 0.1) is 6.92 Å². The molecule has 35 heavy (non-hydrogen) atoms. The molecule has 4 N–H and O–H groups in total. The van der Waals surface area contributed by atoms with Gasteiger partial charge in [-0.05, 0) is 73.6 Å². The van der Waals surface area contributed by atoms with E-state index in [9.17, 15) is 9.00 Å². The zero-order valence-corrected chi connectivity index (χ0v) is 21.0. The lowest BCUT2D eigenvalue weighted by molar-refractivity contribution is 0.0953. The quantitative estimate of drug-likeness (QED) is 0.402. The second kappa shape index (κ2) is 10.0. The largest absolute Gasteiger partial charge is 0.395 e. The van der Waals surface area contributed by atoms with Gasteiger partial charge in [0.15, 0.2) is 0 Å². The van der Waals surface area contributed by atoms with Crippen molar-refractivity contribution in [1.29, 1.82) is 0 Å². The summed E-state index contributed by atoms with van der Waals surface area (Å²) in [7, 11) is -0.998. The number of nitrogens with zero attached hydrogens (tertiary/aromatic N) is 1. The molecule has 0 saturated heterocycles. The Hall–Kier alpha value is -2.81. The van der Waals surface area contributed by atoms with Gasteiger partial charge in [-0.2, -0.15) is 0 Å². The molecule has 2 unspecified atom stereocenters. The zero-order valence-electron chi connectivity index (χ0n) is 20.2. The monoisotopic (exact) mass is 492 g/mol. The SMILES string of the molecule is CC1=CN=C2Nc3c(C)c(C(=O)NCCNCCO)cc(-c4cccc(S(=O)C5CC5)c4)c3C2C1. The van der Waals surface area contributed by atoms with Crippen LogP contribution in [0.5, 0.6) is 0 Å². The number of amidine groups is 1. The average molecular weight is 493 g/mol. The summed E-state index contributed by atoms with van der Waals surface area (Å²) >= 11 is 0.